The molecule has 6 heteroatoms. The molecule has 0 aliphatic heterocycles. The van der Waals surface area contributed by atoms with Crippen molar-refractivity contribution < 1.29 is 4.79 Å². The Morgan fingerprint density at radius 3 is 2.75 bits per heavy atom. The van der Waals surface area contributed by atoms with Gasteiger partial charge in [0.2, 0.25) is 11.0 Å². The van der Waals surface area contributed by atoms with Crippen LogP contribution in [0, 0.1) is 0 Å². The number of carbonyl (C=O) groups is 1. The van der Waals surface area contributed by atoms with E-state index >= 15 is 0 Å². The number of nitrogens with one attached hydrogen (secondary N) is 1. The summed E-state index contributed by atoms with van der Waals surface area (Å²) in [6.45, 7) is 0. The van der Waals surface area contributed by atoms with Crippen molar-refractivity contribution in [2.75, 3.05) is 5.32 Å². The quantitative estimate of drug-likeness (QED) is 0.876. The molecule has 0 bridgehead atoms. The Hall–Kier alpha value is -1.72. The maximum atomic E-state index is 11.8. The third-order valence-electron chi connectivity index (χ3n) is 2.89. The summed E-state index contributed by atoms with van der Waals surface area (Å²) >= 11 is 7.25. The monoisotopic (exact) mass is 305 g/mol. The van der Waals surface area contributed by atoms with Gasteiger partial charge in [0.15, 0.2) is 0 Å². The molecule has 1 heterocycles. The molecule has 0 spiro atoms. The van der Waals surface area contributed by atoms with Crippen LogP contribution in [0.2, 0.25) is 5.02 Å². The Morgan fingerprint density at radius 2 is 2.05 bits per heavy atom. The first-order chi connectivity index (χ1) is 9.70. The summed E-state index contributed by atoms with van der Waals surface area (Å²) in [5, 5.41) is 13.0. The van der Waals surface area contributed by atoms with E-state index in [-0.39, 0.29) is 5.91 Å². The molecule has 1 aromatic heterocycles. The first-order valence-corrected chi connectivity index (χ1v) is 7.48. The van der Waals surface area contributed by atoms with Gasteiger partial charge in [0.05, 0.1) is 0 Å². The van der Waals surface area contributed by atoms with Crippen LogP contribution in [0.5, 0.6) is 0 Å². The van der Waals surface area contributed by atoms with E-state index in [2.05, 4.69) is 15.5 Å². The van der Waals surface area contributed by atoms with Gasteiger partial charge in [-0.05, 0) is 36.6 Å². The minimum Gasteiger partial charge on any atom is -0.297 e. The van der Waals surface area contributed by atoms with Gasteiger partial charge in [-0.25, -0.2) is 0 Å². The van der Waals surface area contributed by atoms with Crippen LogP contribution in [-0.2, 0) is 4.79 Å². The zero-order valence-corrected chi connectivity index (χ0v) is 12.1. The fraction of sp³-hybridized carbons (Fsp3) is 0.214. The van der Waals surface area contributed by atoms with Crippen LogP contribution >= 0.6 is 22.9 Å². The minimum atomic E-state index is -0.210. The van der Waals surface area contributed by atoms with E-state index in [0.717, 1.165) is 10.6 Å². The van der Waals surface area contributed by atoms with E-state index in [9.17, 15) is 4.79 Å². The van der Waals surface area contributed by atoms with Crippen molar-refractivity contribution in [1.29, 1.82) is 0 Å². The zero-order chi connectivity index (χ0) is 13.9. The lowest BCUT2D eigenvalue weighted by Gasteiger charge is -1.95. The Morgan fingerprint density at radius 1 is 1.30 bits per heavy atom. The third kappa shape index (κ3) is 3.43. The van der Waals surface area contributed by atoms with Crippen LogP contribution < -0.4 is 5.32 Å². The number of carbonyl (C=O) groups excluding carboxylic acids is 1. The summed E-state index contributed by atoms with van der Waals surface area (Å²) in [6, 6.07) is 7.27. The van der Waals surface area contributed by atoms with Crippen LogP contribution in [0.3, 0.4) is 0 Å². The number of halogens is 1. The van der Waals surface area contributed by atoms with Gasteiger partial charge in [-0.1, -0.05) is 35.1 Å². The van der Waals surface area contributed by atoms with Crippen LogP contribution in [-0.4, -0.2) is 16.1 Å². The molecule has 3 rings (SSSR count). The van der Waals surface area contributed by atoms with Crippen molar-refractivity contribution in [1.82, 2.24) is 10.2 Å². The van der Waals surface area contributed by atoms with Gasteiger partial charge in [-0.3, -0.25) is 10.1 Å². The second-order valence-corrected chi connectivity index (χ2v) is 6.04. The molecule has 0 atom stereocenters. The molecular weight excluding hydrogens is 294 g/mol. The molecule has 1 saturated carbocycles. The highest BCUT2D eigenvalue weighted by molar-refractivity contribution is 7.15. The summed E-state index contributed by atoms with van der Waals surface area (Å²) in [4.78, 5) is 11.8. The molecule has 102 valence electrons. The Labute approximate surface area is 125 Å². The maximum Gasteiger partial charge on any atom is 0.250 e. The first kappa shape index (κ1) is 13.3. The molecule has 4 nitrogen and oxygen atoms in total. The van der Waals surface area contributed by atoms with Gasteiger partial charge in [0.25, 0.3) is 0 Å². The number of hydrogen-bond donors (Lipinski definition) is 1. The lowest BCUT2D eigenvalue weighted by atomic mass is 10.2. The van der Waals surface area contributed by atoms with Gasteiger partial charge >= 0.3 is 0 Å². The lowest BCUT2D eigenvalue weighted by molar-refractivity contribution is -0.111. The highest BCUT2D eigenvalue weighted by atomic mass is 35.5. The number of anilines is 1. The average Bonchev–Trinajstić information content (AvgIpc) is 3.19. The number of hydrogen-bond acceptors (Lipinski definition) is 4. The van der Waals surface area contributed by atoms with Crippen molar-refractivity contribution in [3.05, 3.63) is 45.9 Å². The number of aromatic nitrogens is 2. The lowest BCUT2D eigenvalue weighted by Crippen LogP contribution is -2.07. The predicted molar refractivity (Wildman–Crippen MR) is 81.0 cm³/mol. The molecule has 0 unspecified atom stereocenters. The fourth-order valence-corrected chi connectivity index (χ4v) is 2.71. The molecule has 1 aliphatic rings. The molecule has 0 saturated heterocycles. The molecule has 2 aromatic rings. The highest BCUT2D eigenvalue weighted by Crippen LogP contribution is 2.41. The molecule has 1 aromatic carbocycles. The summed E-state index contributed by atoms with van der Waals surface area (Å²) in [5.41, 5.74) is 0.917. The Bertz CT molecular complexity index is 647. The SMILES string of the molecule is O=C(/C=C/c1ccc(Cl)cc1)Nc1nnc(C2CC2)s1. The number of nitrogens with zero attached hydrogens (tertiary/aromatic N) is 2. The molecule has 1 amide bonds. The van der Waals surface area contributed by atoms with E-state index in [0.29, 0.717) is 16.1 Å². The van der Waals surface area contributed by atoms with Crippen molar-refractivity contribution in [2.24, 2.45) is 0 Å². The predicted octanol–water partition coefficient (Wildman–Crippen LogP) is 3.72. The van der Waals surface area contributed by atoms with Crippen LogP contribution in [0.15, 0.2) is 30.3 Å². The number of benzene rings is 1. The molecule has 1 fully saturated rings. The second kappa shape index (κ2) is 5.73. The third-order valence-corrected chi connectivity index (χ3v) is 4.15. The summed E-state index contributed by atoms with van der Waals surface area (Å²) < 4.78 is 0. The minimum absolute atomic E-state index is 0.210. The summed E-state index contributed by atoms with van der Waals surface area (Å²) in [5.74, 6) is 0.348. The van der Waals surface area contributed by atoms with Crippen molar-refractivity contribution in [3.8, 4) is 0 Å². The average molecular weight is 306 g/mol. The second-order valence-electron chi connectivity index (χ2n) is 4.59. The topological polar surface area (TPSA) is 54.9 Å². The van der Waals surface area contributed by atoms with Gasteiger partial charge in [-0.15, -0.1) is 10.2 Å². The Balaban J connectivity index is 1.59. The fourth-order valence-electron chi connectivity index (χ4n) is 1.67. The number of rotatable bonds is 4. The van der Waals surface area contributed by atoms with Crippen LogP contribution in [0.25, 0.3) is 6.08 Å². The van der Waals surface area contributed by atoms with Crippen molar-refractivity contribution in [3.63, 3.8) is 0 Å². The first-order valence-electron chi connectivity index (χ1n) is 6.29. The van der Waals surface area contributed by atoms with Crippen molar-refractivity contribution in [2.45, 2.75) is 18.8 Å². The largest absolute Gasteiger partial charge is 0.297 e. The highest BCUT2D eigenvalue weighted by Gasteiger charge is 2.27. The van der Waals surface area contributed by atoms with E-state index < -0.39 is 0 Å². The van der Waals surface area contributed by atoms with Gasteiger partial charge in [0, 0.05) is 17.0 Å². The summed E-state index contributed by atoms with van der Waals surface area (Å²) in [6.07, 6.45) is 5.56. The molecule has 0 radical (unpaired) electrons. The maximum absolute atomic E-state index is 11.8. The zero-order valence-electron chi connectivity index (χ0n) is 10.5. The van der Waals surface area contributed by atoms with Crippen LogP contribution in [0.4, 0.5) is 5.13 Å². The smallest absolute Gasteiger partial charge is 0.250 e. The molecule has 20 heavy (non-hydrogen) atoms. The molecular formula is C14H12ClN3OS. The normalized spacial score (nSPS) is 14.7. The molecule has 1 N–H and O–H groups in total. The number of amides is 1. The van der Waals surface area contributed by atoms with E-state index in [1.165, 1.54) is 30.3 Å². The van der Waals surface area contributed by atoms with Gasteiger partial charge in [0.1, 0.15) is 5.01 Å². The van der Waals surface area contributed by atoms with E-state index in [4.69, 9.17) is 11.6 Å². The molecule has 1 aliphatic carbocycles. The van der Waals surface area contributed by atoms with Crippen molar-refractivity contribution >= 4 is 40.1 Å². The Kier molecular flexibility index (Phi) is 3.80. The van der Waals surface area contributed by atoms with E-state index in [1.54, 1.807) is 18.2 Å². The van der Waals surface area contributed by atoms with Crippen LogP contribution in [0.1, 0.15) is 29.3 Å². The van der Waals surface area contributed by atoms with Gasteiger partial charge in [-0.2, -0.15) is 0 Å². The van der Waals surface area contributed by atoms with Gasteiger partial charge < -0.3 is 0 Å². The standard InChI is InChI=1S/C14H12ClN3OS/c15-11-6-1-9(2-7-11)3-8-12(19)16-14-18-17-13(20-14)10-4-5-10/h1-3,6-8,10H,4-5H2,(H,16,18,19)/b8-3+. The summed E-state index contributed by atoms with van der Waals surface area (Å²) in [7, 11) is 0. The van der Waals surface area contributed by atoms with E-state index in [1.807, 2.05) is 12.1 Å².